The van der Waals surface area contributed by atoms with Gasteiger partial charge in [-0.3, -0.25) is 4.79 Å². The number of nitrogens with one attached hydrogen (secondary N) is 2. The average molecular weight is 380 g/mol. The van der Waals surface area contributed by atoms with E-state index in [1.54, 1.807) is 0 Å². The van der Waals surface area contributed by atoms with Crippen molar-refractivity contribution in [1.29, 1.82) is 0 Å². The molecular formula is C13H21N3O4S3. The largest absolute Gasteiger partial charge is 0.355 e. The Morgan fingerprint density at radius 2 is 2.35 bits per heavy atom. The lowest BCUT2D eigenvalue weighted by Gasteiger charge is -2.08. The zero-order valence-electron chi connectivity index (χ0n) is 12.7. The number of carbonyl (C=O) groups excluding carboxylic acids is 1. The van der Waals surface area contributed by atoms with Gasteiger partial charge in [-0.1, -0.05) is 28.0 Å². The molecule has 1 aromatic rings. The molecule has 1 aromatic heterocycles. The Hall–Kier alpha value is -0.870. The summed E-state index contributed by atoms with van der Waals surface area (Å²) in [5.41, 5.74) is 0. The number of unbranched alkanes of at least 4 members (excludes halogenated alkanes) is 1. The van der Waals surface area contributed by atoms with Crippen molar-refractivity contribution in [1.82, 2.24) is 15.3 Å². The molecular weight excluding hydrogens is 358 g/mol. The number of rotatable bonds is 10. The van der Waals surface area contributed by atoms with Crippen molar-refractivity contribution < 1.29 is 17.4 Å². The first kappa shape index (κ1) is 18.5. The van der Waals surface area contributed by atoms with Crippen molar-refractivity contribution >= 4 is 37.6 Å². The molecule has 1 saturated heterocycles. The van der Waals surface area contributed by atoms with Gasteiger partial charge >= 0.3 is 16.1 Å². The topological polar surface area (TPSA) is 101 Å². The van der Waals surface area contributed by atoms with E-state index in [1.165, 1.54) is 24.6 Å². The summed E-state index contributed by atoms with van der Waals surface area (Å²) in [5.74, 6) is 0.825. The zero-order chi connectivity index (χ0) is 16.5. The Labute approximate surface area is 144 Å². The highest BCUT2D eigenvalue weighted by Crippen LogP contribution is 2.39. The van der Waals surface area contributed by atoms with Gasteiger partial charge in [-0.2, -0.15) is 8.42 Å². The number of nitrogens with zero attached hydrogens (tertiary/aromatic N) is 1. The average Bonchev–Trinajstić information content (AvgIpc) is 3.16. The van der Waals surface area contributed by atoms with E-state index < -0.39 is 10.1 Å². The van der Waals surface area contributed by atoms with Crippen LogP contribution in [-0.4, -0.2) is 47.6 Å². The van der Waals surface area contributed by atoms with Crippen LogP contribution in [0.5, 0.6) is 6.01 Å². The summed E-state index contributed by atoms with van der Waals surface area (Å²) >= 11 is 0. The van der Waals surface area contributed by atoms with Crippen molar-refractivity contribution in [2.45, 2.75) is 37.4 Å². The maximum absolute atomic E-state index is 11.7. The first-order valence-electron chi connectivity index (χ1n) is 7.52. The number of aromatic amines is 1. The predicted molar refractivity (Wildman–Crippen MR) is 92.9 cm³/mol. The van der Waals surface area contributed by atoms with Gasteiger partial charge < -0.3 is 14.5 Å². The van der Waals surface area contributed by atoms with Crippen molar-refractivity contribution in [3.8, 4) is 6.01 Å². The first-order chi connectivity index (χ1) is 11.1. The SMILES string of the molecule is O=C(CCCCC1CCSS1)NCCS(=O)(=O)Oc1ncc[nH]1. The van der Waals surface area contributed by atoms with Crippen LogP contribution in [-0.2, 0) is 14.9 Å². The number of hydrogen-bond acceptors (Lipinski definition) is 7. The predicted octanol–water partition coefficient (Wildman–Crippen LogP) is 1.95. The molecule has 2 N–H and O–H groups in total. The second-order valence-electron chi connectivity index (χ2n) is 5.16. The molecule has 1 aliphatic rings. The van der Waals surface area contributed by atoms with Crippen LogP contribution in [0.2, 0.25) is 0 Å². The molecule has 1 amide bonds. The summed E-state index contributed by atoms with van der Waals surface area (Å²) in [5, 5.41) is 3.34. The lowest BCUT2D eigenvalue weighted by Crippen LogP contribution is -2.30. The normalized spacial score (nSPS) is 18.0. The Balaban J connectivity index is 1.53. The van der Waals surface area contributed by atoms with E-state index in [4.69, 9.17) is 4.18 Å². The summed E-state index contributed by atoms with van der Waals surface area (Å²) < 4.78 is 28.0. The molecule has 0 aliphatic carbocycles. The quantitative estimate of drug-likeness (QED) is 0.364. The van der Waals surface area contributed by atoms with Crippen LogP contribution < -0.4 is 9.50 Å². The van der Waals surface area contributed by atoms with Crippen molar-refractivity contribution in [3.63, 3.8) is 0 Å². The number of carbonyl (C=O) groups is 1. The van der Waals surface area contributed by atoms with Crippen LogP contribution in [0.15, 0.2) is 12.4 Å². The molecule has 23 heavy (non-hydrogen) atoms. The summed E-state index contributed by atoms with van der Waals surface area (Å²) in [7, 11) is 0.120. The lowest BCUT2D eigenvalue weighted by molar-refractivity contribution is -0.121. The molecule has 2 rings (SSSR count). The smallest absolute Gasteiger partial charge is 0.313 e. The molecule has 10 heteroatoms. The monoisotopic (exact) mass is 379 g/mol. The molecule has 1 fully saturated rings. The van der Waals surface area contributed by atoms with Crippen LogP contribution in [0.25, 0.3) is 0 Å². The Bertz CT molecular complexity index is 571. The van der Waals surface area contributed by atoms with E-state index >= 15 is 0 Å². The molecule has 0 spiro atoms. The van der Waals surface area contributed by atoms with Gasteiger partial charge in [0.2, 0.25) is 5.91 Å². The zero-order valence-corrected chi connectivity index (χ0v) is 15.1. The number of imidazole rings is 1. The first-order valence-corrected chi connectivity index (χ1v) is 11.5. The van der Waals surface area contributed by atoms with Gasteiger partial charge in [0.15, 0.2) is 0 Å². The minimum Gasteiger partial charge on any atom is -0.355 e. The number of aromatic nitrogens is 2. The molecule has 0 radical (unpaired) electrons. The van der Waals surface area contributed by atoms with Gasteiger partial charge in [0.25, 0.3) is 0 Å². The third-order valence-corrected chi connectivity index (χ3v) is 7.38. The Kier molecular flexibility index (Phi) is 7.57. The molecule has 7 nitrogen and oxygen atoms in total. The van der Waals surface area contributed by atoms with Crippen LogP contribution in [0, 0.1) is 0 Å². The lowest BCUT2D eigenvalue weighted by atomic mass is 10.1. The van der Waals surface area contributed by atoms with Gasteiger partial charge in [-0.25, -0.2) is 4.98 Å². The van der Waals surface area contributed by atoms with E-state index in [0.29, 0.717) is 6.42 Å². The molecule has 0 aromatic carbocycles. The van der Waals surface area contributed by atoms with Crippen LogP contribution in [0.1, 0.15) is 32.1 Å². The van der Waals surface area contributed by atoms with Crippen LogP contribution in [0.4, 0.5) is 0 Å². The van der Waals surface area contributed by atoms with E-state index in [1.807, 2.05) is 21.6 Å². The molecule has 1 aliphatic heterocycles. The Morgan fingerprint density at radius 3 is 3.04 bits per heavy atom. The highest BCUT2D eigenvalue weighted by molar-refractivity contribution is 8.77. The maximum atomic E-state index is 11.7. The van der Waals surface area contributed by atoms with E-state index in [9.17, 15) is 13.2 Å². The van der Waals surface area contributed by atoms with Crippen LogP contribution >= 0.6 is 21.6 Å². The maximum Gasteiger partial charge on any atom is 0.313 e. The third-order valence-electron chi connectivity index (χ3n) is 3.26. The van der Waals surface area contributed by atoms with Gasteiger partial charge in [-0.15, -0.1) is 0 Å². The third kappa shape index (κ3) is 7.49. The summed E-state index contributed by atoms with van der Waals surface area (Å²) in [6.45, 7) is 0.0387. The summed E-state index contributed by atoms with van der Waals surface area (Å²) in [6, 6.07) is -0.0701. The minimum atomic E-state index is -3.75. The number of amides is 1. The molecule has 1 unspecified atom stereocenters. The molecule has 0 bridgehead atoms. The highest BCUT2D eigenvalue weighted by Gasteiger charge is 2.16. The van der Waals surface area contributed by atoms with Gasteiger partial charge in [0, 0.05) is 36.4 Å². The summed E-state index contributed by atoms with van der Waals surface area (Å²) in [6.07, 6.45) is 7.58. The number of H-pyrrole nitrogens is 1. The molecule has 0 saturated carbocycles. The Morgan fingerprint density at radius 1 is 1.48 bits per heavy atom. The molecule has 1 atom stereocenters. The molecule has 2 heterocycles. The summed E-state index contributed by atoms with van der Waals surface area (Å²) in [4.78, 5) is 17.9. The van der Waals surface area contributed by atoms with Crippen LogP contribution in [0.3, 0.4) is 0 Å². The van der Waals surface area contributed by atoms with Gasteiger partial charge in [-0.05, 0) is 19.3 Å². The van der Waals surface area contributed by atoms with E-state index in [-0.39, 0.29) is 24.2 Å². The van der Waals surface area contributed by atoms with Gasteiger partial charge in [0.1, 0.15) is 5.75 Å². The number of hydrogen-bond donors (Lipinski definition) is 2. The fourth-order valence-corrected chi connectivity index (χ4v) is 5.88. The fourth-order valence-electron chi connectivity index (χ4n) is 2.08. The van der Waals surface area contributed by atoms with E-state index in [2.05, 4.69) is 15.3 Å². The van der Waals surface area contributed by atoms with Crippen molar-refractivity contribution in [2.24, 2.45) is 0 Å². The fraction of sp³-hybridized carbons (Fsp3) is 0.692. The standard InChI is InChI=1S/C13H21N3O4S3/c17-12(4-2-1-3-11-5-9-21-22-11)14-8-10-23(18,19)20-13-15-6-7-16-13/h6-7,11H,1-5,8-10H2,(H,14,17)(H,15,16). The van der Waals surface area contributed by atoms with Crippen molar-refractivity contribution in [2.75, 3.05) is 18.1 Å². The minimum absolute atomic E-state index is 0.0387. The van der Waals surface area contributed by atoms with Gasteiger partial charge in [0.05, 0.1) is 0 Å². The molecule has 130 valence electrons. The van der Waals surface area contributed by atoms with Crippen molar-refractivity contribution in [3.05, 3.63) is 12.4 Å². The van der Waals surface area contributed by atoms with E-state index in [0.717, 1.165) is 24.5 Å². The highest BCUT2D eigenvalue weighted by atomic mass is 33.1. The second-order valence-corrected chi connectivity index (χ2v) is 9.64. The second kappa shape index (κ2) is 9.43.